The quantitative estimate of drug-likeness (QED) is 0.263. The molecule has 196 valence electrons. The summed E-state index contributed by atoms with van der Waals surface area (Å²) in [5.74, 6) is -0.0266. The van der Waals surface area contributed by atoms with Crippen molar-refractivity contribution < 1.29 is 23.9 Å². The number of carbonyl (C=O) groups excluding carboxylic acids is 3. The van der Waals surface area contributed by atoms with E-state index in [4.69, 9.17) is 44.3 Å². The number of amides is 3. The van der Waals surface area contributed by atoms with Gasteiger partial charge in [-0.1, -0.05) is 53.0 Å². The number of hydrogen-bond donors (Lipinski definition) is 1. The highest BCUT2D eigenvalue weighted by Gasteiger charge is 2.35. The summed E-state index contributed by atoms with van der Waals surface area (Å²) in [6.45, 7) is 2.00. The Kier molecular flexibility index (Phi) is 9.22. The maximum atomic E-state index is 13.0. The van der Waals surface area contributed by atoms with Crippen LogP contribution in [0.3, 0.4) is 0 Å². The summed E-state index contributed by atoms with van der Waals surface area (Å²) in [6.07, 6.45) is 1.61. The predicted octanol–water partition coefficient (Wildman–Crippen LogP) is 7.30. The number of rotatable bonds is 9. The molecule has 0 saturated carbocycles. The van der Waals surface area contributed by atoms with Crippen molar-refractivity contribution in [2.24, 2.45) is 0 Å². The van der Waals surface area contributed by atoms with Crippen LogP contribution in [0.2, 0.25) is 15.1 Å². The first-order chi connectivity index (χ1) is 18.2. The Balaban J connectivity index is 1.44. The topological polar surface area (TPSA) is 84.9 Å². The van der Waals surface area contributed by atoms with Crippen molar-refractivity contribution in [3.8, 4) is 11.5 Å². The van der Waals surface area contributed by atoms with Crippen LogP contribution < -0.4 is 14.8 Å². The number of carbonyl (C=O) groups is 3. The number of nitrogens with one attached hydrogen (secondary N) is 1. The van der Waals surface area contributed by atoms with E-state index in [2.05, 4.69) is 5.32 Å². The van der Waals surface area contributed by atoms with Gasteiger partial charge in [-0.15, -0.1) is 0 Å². The number of anilines is 1. The monoisotopic (exact) mass is 590 g/mol. The van der Waals surface area contributed by atoms with Crippen LogP contribution in [0.15, 0.2) is 65.6 Å². The van der Waals surface area contributed by atoms with Crippen molar-refractivity contribution in [3.63, 3.8) is 0 Å². The summed E-state index contributed by atoms with van der Waals surface area (Å²) in [4.78, 5) is 39.2. The van der Waals surface area contributed by atoms with Gasteiger partial charge in [0.1, 0.15) is 0 Å². The van der Waals surface area contributed by atoms with Crippen molar-refractivity contribution in [2.75, 3.05) is 18.5 Å². The van der Waals surface area contributed by atoms with Crippen LogP contribution in [0.4, 0.5) is 10.5 Å². The smallest absolute Gasteiger partial charge is 0.293 e. The zero-order valence-electron chi connectivity index (χ0n) is 20.0. The second-order valence-corrected chi connectivity index (χ2v) is 10.2. The van der Waals surface area contributed by atoms with Gasteiger partial charge in [-0.2, -0.15) is 0 Å². The molecule has 1 aliphatic heterocycles. The molecule has 3 aromatic carbocycles. The lowest BCUT2D eigenvalue weighted by Gasteiger charge is -2.13. The Morgan fingerprint density at radius 1 is 0.974 bits per heavy atom. The van der Waals surface area contributed by atoms with Crippen molar-refractivity contribution in [3.05, 3.63) is 91.8 Å². The number of thioether (sulfide) groups is 1. The van der Waals surface area contributed by atoms with Crippen molar-refractivity contribution in [1.82, 2.24) is 4.90 Å². The molecular formula is C27H21Cl3N2O5S. The van der Waals surface area contributed by atoms with Crippen LogP contribution in [0, 0.1) is 0 Å². The molecule has 3 aromatic rings. The van der Waals surface area contributed by atoms with Gasteiger partial charge in [-0.25, -0.2) is 0 Å². The molecule has 1 saturated heterocycles. The standard InChI is InChI=1S/C27H21Cl3N2O5S/c1-2-36-23-11-16(7-9-22(23)37-15-25(33)31-19-5-3-4-18(28)13-19)12-24-26(34)32(27(35)38-24)14-17-6-8-20(29)21(30)10-17/h3-13H,2,14-15H2,1H3,(H,31,33)/b24-12-. The Labute approximate surface area is 238 Å². The molecular weight excluding hydrogens is 571 g/mol. The van der Waals surface area contributed by atoms with E-state index < -0.39 is 5.91 Å². The van der Waals surface area contributed by atoms with Crippen LogP contribution in [0.25, 0.3) is 6.08 Å². The largest absolute Gasteiger partial charge is 0.490 e. The number of hydrogen-bond acceptors (Lipinski definition) is 6. The fourth-order valence-corrected chi connectivity index (χ4v) is 4.87. The highest BCUT2D eigenvalue weighted by Crippen LogP contribution is 2.36. The fraction of sp³-hybridized carbons (Fsp3) is 0.148. The third-order valence-corrected chi connectivity index (χ3v) is 7.11. The van der Waals surface area contributed by atoms with E-state index in [1.165, 1.54) is 0 Å². The van der Waals surface area contributed by atoms with E-state index in [-0.39, 0.29) is 29.2 Å². The molecule has 0 aromatic heterocycles. The van der Waals surface area contributed by atoms with Gasteiger partial charge in [0.2, 0.25) is 0 Å². The number of imide groups is 1. The number of benzene rings is 3. The summed E-state index contributed by atoms with van der Waals surface area (Å²) >= 11 is 18.8. The molecule has 1 heterocycles. The minimum Gasteiger partial charge on any atom is -0.490 e. The first-order valence-electron chi connectivity index (χ1n) is 11.4. The van der Waals surface area contributed by atoms with Crippen molar-refractivity contribution in [2.45, 2.75) is 13.5 Å². The van der Waals surface area contributed by atoms with Crippen LogP contribution >= 0.6 is 46.6 Å². The normalized spacial score (nSPS) is 14.2. The molecule has 0 atom stereocenters. The van der Waals surface area contributed by atoms with E-state index in [0.29, 0.717) is 50.0 Å². The molecule has 0 radical (unpaired) electrons. The third kappa shape index (κ3) is 7.02. The molecule has 1 N–H and O–H groups in total. The van der Waals surface area contributed by atoms with E-state index in [1.807, 2.05) is 6.92 Å². The van der Waals surface area contributed by atoms with E-state index >= 15 is 0 Å². The van der Waals surface area contributed by atoms with Gasteiger partial charge in [0.15, 0.2) is 18.1 Å². The van der Waals surface area contributed by atoms with Gasteiger partial charge in [0.25, 0.3) is 17.1 Å². The molecule has 0 unspecified atom stereocenters. The van der Waals surface area contributed by atoms with E-state index in [1.54, 1.807) is 66.7 Å². The highest BCUT2D eigenvalue weighted by molar-refractivity contribution is 8.18. The predicted molar refractivity (Wildman–Crippen MR) is 151 cm³/mol. The van der Waals surface area contributed by atoms with Gasteiger partial charge < -0.3 is 14.8 Å². The third-order valence-electron chi connectivity index (χ3n) is 5.23. The van der Waals surface area contributed by atoms with Gasteiger partial charge in [-0.3, -0.25) is 19.3 Å². The van der Waals surface area contributed by atoms with Crippen molar-refractivity contribution >= 4 is 75.4 Å². The lowest BCUT2D eigenvalue weighted by molar-refractivity contribution is -0.123. The van der Waals surface area contributed by atoms with Crippen LogP contribution in [-0.4, -0.2) is 35.2 Å². The maximum Gasteiger partial charge on any atom is 0.293 e. The lowest BCUT2D eigenvalue weighted by Crippen LogP contribution is -2.27. The molecule has 1 fully saturated rings. The summed E-state index contributed by atoms with van der Waals surface area (Å²) in [5, 5.41) is 3.57. The summed E-state index contributed by atoms with van der Waals surface area (Å²) in [6, 6.07) is 16.8. The second kappa shape index (κ2) is 12.6. The lowest BCUT2D eigenvalue weighted by atomic mass is 10.1. The van der Waals surface area contributed by atoms with Crippen LogP contribution in [0.5, 0.6) is 11.5 Å². The average Bonchev–Trinajstić information content (AvgIpc) is 3.13. The second-order valence-electron chi connectivity index (χ2n) is 8.00. The molecule has 3 amide bonds. The highest BCUT2D eigenvalue weighted by atomic mass is 35.5. The first-order valence-corrected chi connectivity index (χ1v) is 13.3. The molecule has 7 nitrogen and oxygen atoms in total. The molecule has 11 heteroatoms. The summed E-state index contributed by atoms with van der Waals surface area (Å²) in [7, 11) is 0. The first kappa shape index (κ1) is 27.9. The van der Waals surface area contributed by atoms with Crippen LogP contribution in [0.1, 0.15) is 18.1 Å². The number of nitrogens with zero attached hydrogens (tertiary/aromatic N) is 1. The Hall–Kier alpha value is -3.17. The van der Waals surface area contributed by atoms with Gasteiger partial charge in [0, 0.05) is 10.7 Å². The molecule has 0 bridgehead atoms. The molecule has 38 heavy (non-hydrogen) atoms. The molecule has 0 aliphatic carbocycles. The van der Waals surface area contributed by atoms with Crippen molar-refractivity contribution in [1.29, 1.82) is 0 Å². The van der Waals surface area contributed by atoms with Gasteiger partial charge in [0.05, 0.1) is 28.1 Å². The Morgan fingerprint density at radius 3 is 2.53 bits per heavy atom. The zero-order chi connectivity index (χ0) is 27.2. The zero-order valence-corrected chi connectivity index (χ0v) is 23.1. The average molecular weight is 592 g/mol. The Morgan fingerprint density at radius 2 is 1.79 bits per heavy atom. The Bertz CT molecular complexity index is 1430. The molecule has 0 spiro atoms. The number of halogens is 3. The molecule has 1 aliphatic rings. The summed E-state index contributed by atoms with van der Waals surface area (Å²) < 4.78 is 11.4. The minimum absolute atomic E-state index is 0.0765. The minimum atomic E-state index is -0.415. The molecule has 4 rings (SSSR count). The van der Waals surface area contributed by atoms with E-state index in [0.717, 1.165) is 16.7 Å². The van der Waals surface area contributed by atoms with Gasteiger partial charge in [-0.05, 0) is 78.4 Å². The summed E-state index contributed by atoms with van der Waals surface area (Å²) in [5.41, 5.74) is 1.87. The maximum absolute atomic E-state index is 13.0. The van der Waals surface area contributed by atoms with E-state index in [9.17, 15) is 14.4 Å². The van der Waals surface area contributed by atoms with Crippen LogP contribution in [-0.2, 0) is 16.1 Å². The number of ether oxygens (including phenoxy) is 2. The van der Waals surface area contributed by atoms with Gasteiger partial charge >= 0.3 is 0 Å². The fourth-order valence-electron chi connectivity index (χ4n) is 3.52. The SMILES string of the molecule is CCOc1cc(/C=C2\SC(=O)N(Cc3ccc(Cl)c(Cl)c3)C2=O)ccc1OCC(=O)Nc1cccc(Cl)c1.